The van der Waals surface area contributed by atoms with Crippen molar-refractivity contribution >= 4 is 39.9 Å². The van der Waals surface area contributed by atoms with E-state index in [1.54, 1.807) is 11.0 Å². The molecular weight excluding hydrogens is 350 g/mol. The standard InChI is InChI=1S/C12H14BrN3O3.ClH/c13-10-3-9(4-11(5-10)16(18)19)12(17)15-2-1-8(6-14)7-15;/h3-5,8H,1-2,6-7,14H2;1H. The van der Waals surface area contributed by atoms with Crippen molar-refractivity contribution in [2.45, 2.75) is 6.42 Å². The first-order valence-electron chi connectivity index (χ1n) is 5.95. The van der Waals surface area contributed by atoms with Crippen molar-refractivity contribution in [3.05, 3.63) is 38.3 Å². The van der Waals surface area contributed by atoms with Crippen LogP contribution in [0, 0.1) is 16.0 Å². The number of hydrogen-bond donors (Lipinski definition) is 1. The van der Waals surface area contributed by atoms with Gasteiger partial charge in [0.2, 0.25) is 0 Å². The van der Waals surface area contributed by atoms with Crippen LogP contribution in [0.1, 0.15) is 16.8 Å². The van der Waals surface area contributed by atoms with Crippen molar-refractivity contribution in [3.63, 3.8) is 0 Å². The predicted octanol–water partition coefficient (Wildman–Crippen LogP) is 2.20. The number of amides is 1. The highest BCUT2D eigenvalue weighted by atomic mass is 79.9. The maximum atomic E-state index is 12.3. The minimum absolute atomic E-state index is 0. The summed E-state index contributed by atoms with van der Waals surface area (Å²) in [5.74, 6) is 0.145. The molecule has 1 fully saturated rings. The number of carbonyl (C=O) groups excluding carboxylic acids is 1. The van der Waals surface area contributed by atoms with Crippen molar-refractivity contribution in [1.82, 2.24) is 4.90 Å². The van der Waals surface area contributed by atoms with Gasteiger partial charge in [0.15, 0.2) is 0 Å². The van der Waals surface area contributed by atoms with Gasteiger partial charge in [-0.2, -0.15) is 0 Å². The summed E-state index contributed by atoms with van der Waals surface area (Å²) in [6.45, 7) is 1.83. The number of nitro benzene ring substituents is 1. The van der Waals surface area contributed by atoms with Gasteiger partial charge in [-0.15, -0.1) is 12.4 Å². The Hall–Kier alpha value is -1.18. The molecule has 1 heterocycles. The Morgan fingerprint density at radius 2 is 2.20 bits per heavy atom. The van der Waals surface area contributed by atoms with E-state index in [9.17, 15) is 14.9 Å². The Morgan fingerprint density at radius 1 is 1.50 bits per heavy atom. The van der Waals surface area contributed by atoms with E-state index < -0.39 is 4.92 Å². The molecule has 0 saturated carbocycles. The number of hydrogen-bond acceptors (Lipinski definition) is 4. The fourth-order valence-electron chi connectivity index (χ4n) is 2.20. The Bertz CT molecular complexity index is 527. The summed E-state index contributed by atoms with van der Waals surface area (Å²) >= 11 is 3.19. The number of rotatable bonds is 3. The first kappa shape index (κ1) is 16.9. The largest absolute Gasteiger partial charge is 0.338 e. The summed E-state index contributed by atoms with van der Waals surface area (Å²) < 4.78 is 0.527. The molecule has 1 saturated heterocycles. The second-order valence-corrected chi connectivity index (χ2v) is 5.51. The van der Waals surface area contributed by atoms with E-state index in [1.807, 2.05) is 0 Å². The van der Waals surface area contributed by atoms with Crippen LogP contribution >= 0.6 is 28.3 Å². The molecule has 0 radical (unpaired) electrons. The zero-order valence-electron chi connectivity index (χ0n) is 10.6. The summed E-state index contributed by atoms with van der Waals surface area (Å²) in [5.41, 5.74) is 5.83. The summed E-state index contributed by atoms with van der Waals surface area (Å²) in [6.07, 6.45) is 0.887. The zero-order chi connectivity index (χ0) is 14.0. The SMILES string of the molecule is Cl.NCC1CCN(C(=O)c2cc(Br)cc([N+](=O)[O-])c2)C1. The third-order valence-electron chi connectivity index (χ3n) is 3.25. The van der Waals surface area contributed by atoms with E-state index in [4.69, 9.17) is 5.73 Å². The maximum absolute atomic E-state index is 12.3. The minimum atomic E-state index is -0.506. The lowest BCUT2D eigenvalue weighted by Gasteiger charge is -2.16. The summed E-state index contributed by atoms with van der Waals surface area (Å²) in [4.78, 5) is 24.3. The molecule has 8 heteroatoms. The number of halogens is 2. The lowest BCUT2D eigenvalue weighted by atomic mass is 10.1. The van der Waals surface area contributed by atoms with Crippen LogP contribution in [0.4, 0.5) is 5.69 Å². The topological polar surface area (TPSA) is 89.5 Å². The molecule has 2 N–H and O–H groups in total. The van der Waals surface area contributed by atoms with Crippen LogP contribution in [-0.2, 0) is 0 Å². The highest BCUT2D eigenvalue weighted by molar-refractivity contribution is 9.10. The van der Waals surface area contributed by atoms with Gasteiger partial charge >= 0.3 is 0 Å². The number of likely N-dealkylation sites (tertiary alicyclic amines) is 1. The molecule has 1 unspecified atom stereocenters. The fraction of sp³-hybridized carbons (Fsp3) is 0.417. The molecule has 1 amide bonds. The maximum Gasteiger partial charge on any atom is 0.271 e. The molecular formula is C12H15BrClN3O3. The number of nitrogens with zero attached hydrogens (tertiary/aromatic N) is 2. The van der Waals surface area contributed by atoms with Crippen LogP contribution in [0.2, 0.25) is 0 Å². The smallest absolute Gasteiger partial charge is 0.271 e. The van der Waals surface area contributed by atoms with Gasteiger partial charge in [-0.1, -0.05) is 15.9 Å². The normalized spacial score (nSPS) is 17.7. The average Bonchev–Trinajstić information content (AvgIpc) is 2.85. The zero-order valence-corrected chi connectivity index (χ0v) is 13.0. The van der Waals surface area contributed by atoms with Crippen LogP contribution in [0.5, 0.6) is 0 Å². The third-order valence-corrected chi connectivity index (χ3v) is 3.70. The van der Waals surface area contributed by atoms with Gasteiger partial charge in [0, 0.05) is 35.3 Å². The lowest BCUT2D eigenvalue weighted by molar-refractivity contribution is -0.385. The Balaban J connectivity index is 0.00000200. The van der Waals surface area contributed by atoms with E-state index in [1.165, 1.54) is 12.1 Å². The molecule has 110 valence electrons. The molecule has 0 aromatic heterocycles. The molecule has 6 nitrogen and oxygen atoms in total. The van der Waals surface area contributed by atoms with Gasteiger partial charge < -0.3 is 10.6 Å². The summed E-state index contributed by atoms with van der Waals surface area (Å²) in [5, 5.41) is 10.8. The summed E-state index contributed by atoms with van der Waals surface area (Å²) in [6, 6.07) is 4.29. The van der Waals surface area contributed by atoms with E-state index in [-0.39, 0.29) is 24.0 Å². The Morgan fingerprint density at radius 3 is 2.75 bits per heavy atom. The first-order valence-corrected chi connectivity index (χ1v) is 6.75. The third kappa shape index (κ3) is 3.68. The number of benzene rings is 1. The Kier molecular flexibility index (Phi) is 5.91. The first-order chi connectivity index (χ1) is 9.01. The van der Waals surface area contributed by atoms with Crippen LogP contribution < -0.4 is 5.73 Å². The number of nitro groups is 1. The molecule has 0 bridgehead atoms. The second-order valence-electron chi connectivity index (χ2n) is 4.60. The highest BCUT2D eigenvalue weighted by Crippen LogP contribution is 2.24. The molecule has 0 aliphatic carbocycles. The molecule has 2 rings (SSSR count). The van der Waals surface area contributed by atoms with Gasteiger partial charge in [0.1, 0.15) is 0 Å². The molecule has 1 aromatic carbocycles. The van der Waals surface area contributed by atoms with Gasteiger partial charge in [0.25, 0.3) is 11.6 Å². The van der Waals surface area contributed by atoms with E-state index in [0.29, 0.717) is 35.6 Å². The van der Waals surface area contributed by atoms with Crippen molar-refractivity contribution in [1.29, 1.82) is 0 Å². The van der Waals surface area contributed by atoms with E-state index in [0.717, 1.165) is 6.42 Å². The predicted molar refractivity (Wildman–Crippen MR) is 81.1 cm³/mol. The van der Waals surface area contributed by atoms with Gasteiger partial charge in [-0.25, -0.2) is 0 Å². The van der Waals surface area contributed by atoms with Crippen molar-refractivity contribution < 1.29 is 9.72 Å². The van der Waals surface area contributed by atoms with Gasteiger partial charge in [-0.05, 0) is 24.9 Å². The minimum Gasteiger partial charge on any atom is -0.338 e. The molecule has 20 heavy (non-hydrogen) atoms. The lowest BCUT2D eigenvalue weighted by Crippen LogP contribution is -2.29. The van der Waals surface area contributed by atoms with Crippen LogP contribution in [0.3, 0.4) is 0 Å². The van der Waals surface area contributed by atoms with Crippen molar-refractivity contribution in [2.75, 3.05) is 19.6 Å². The summed E-state index contributed by atoms with van der Waals surface area (Å²) in [7, 11) is 0. The van der Waals surface area contributed by atoms with Gasteiger partial charge in [-0.3, -0.25) is 14.9 Å². The second kappa shape index (κ2) is 7.01. The highest BCUT2D eigenvalue weighted by Gasteiger charge is 2.27. The van der Waals surface area contributed by atoms with Crippen molar-refractivity contribution in [2.24, 2.45) is 11.7 Å². The molecule has 1 aliphatic rings. The van der Waals surface area contributed by atoms with Crippen LogP contribution in [-0.4, -0.2) is 35.4 Å². The average molecular weight is 365 g/mol. The molecule has 1 aromatic rings. The number of nitrogens with two attached hydrogens (primary N) is 1. The fourth-order valence-corrected chi connectivity index (χ4v) is 2.68. The molecule has 1 aliphatic heterocycles. The quantitative estimate of drug-likeness (QED) is 0.657. The van der Waals surface area contributed by atoms with Crippen LogP contribution in [0.25, 0.3) is 0 Å². The van der Waals surface area contributed by atoms with Gasteiger partial charge in [0.05, 0.1) is 4.92 Å². The Labute approximate surface area is 131 Å². The van der Waals surface area contributed by atoms with Crippen LogP contribution in [0.15, 0.2) is 22.7 Å². The van der Waals surface area contributed by atoms with E-state index >= 15 is 0 Å². The number of carbonyl (C=O) groups is 1. The molecule has 0 spiro atoms. The molecule has 1 atom stereocenters. The van der Waals surface area contributed by atoms with Crippen molar-refractivity contribution in [3.8, 4) is 0 Å². The monoisotopic (exact) mass is 363 g/mol. The van der Waals surface area contributed by atoms with E-state index in [2.05, 4.69) is 15.9 Å². The number of non-ortho nitro benzene ring substituents is 1.